The molecule has 9 heteroatoms. The van der Waals surface area contributed by atoms with E-state index in [-0.39, 0.29) is 46.7 Å². The Morgan fingerprint density at radius 3 is 1.94 bits per heavy atom. The van der Waals surface area contributed by atoms with E-state index in [9.17, 15) is 19.2 Å². The van der Waals surface area contributed by atoms with Crippen LogP contribution in [0.3, 0.4) is 0 Å². The molecule has 0 atom stereocenters. The van der Waals surface area contributed by atoms with E-state index in [1.807, 2.05) is 38.1 Å². The number of carbonyl (C=O) groups excluding carboxylic acids is 4. The van der Waals surface area contributed by atoms with Crippen LogP contribution in [0.2, 0.25) is 0 Å². The van der Waals surface area contributed by atoms with Crippen molar-refractivity contribution < 1.29 is 33.4 Å². The summed E-state index contributed by atoms with van der Waals surface area (Å²) in [5.41, 5.74) is 0.469. The van der Waals surface area contributed by atoms with Gasteiger partial charge in [-0.1, -0.05) is 24.3 Å². The van der Waals surface area contributed by atoms with Crippen molar-refractivity contribution in [2.24, 2.45) is 0 Å². The summed E-state index contributed by atoms with van der Waals surface area (Å²) in [6.07, 6.45) is 0. The molecule has 0 bridgehead atoms. The van der Waals surface area contributed by atoms with Crippen LogP contribution >= 0.6 is 0 Å². The topological polar surface area (TPSA) is 120 Å². The highest BCUT2D eigenvalue weighted by atomic mass is 16.5. The number of methoxy groups -OCH3 is 2. The van der Waals surface area contributed by atoms with Crippen LogP contribution in [0.1, 0.15) is 44.9 Å². The molecule has 3 aromatic rings. The zero-order valence-electron chi connectivity index (χ0n) is 19.8. The van der Waals surface area contributed by atoms with Crippen LogP contribution in [0.25, 0.3) is 10.8 Å². The van der Waals surface area contributed by atoms with Crippen LogP contribution in [0.15, 0.2) is 54.6 Å². The smallest absolute Gasteiger partial charge is 0.337 e. The Morgan fingerprint density at radius 1 is 0.829 bits per heavy atom. The molecule has 2 amide bonds. The SMILES string of the molecule is COC(=O)c1cc(NC(=O)c2cc3ccccc3cc2OCC(=O)NC(C)C)cc(C(=O)OC)c1. The minimum Gasteiger partial charge on any atom is -0.483 e. The lowest BCUT2D eigenvalue weighted by Gasteiger charge is -2.15. The second-order valence-corrected chi connectivity index (χ2v) is 7.94. The molecule has 3 rings (SSSR count). The molecule has 0 spiro atoms. The van der Waals surface area contributed by atoms with E-state index in [4.69, 9.17) is 14.2 Å². The lowest BCUT2D eigenvalue weighted by atomic mass is 10.0. The van der Waals surface area contributed by atoms with Crippen molar-refractivity contribution in [3.8, 4) is 5.75 Å². The Labute approximate surface area is 202 Å². The normalized spacial score (nSPS) is 10.5. The van der Waals surface area contributed by atoms with Gasteiger partial charge in [-0.15, -0.1) is 0 Å². The molecule has 0 aromatic heterocycles. The van der Waals surface area contributed by atoms with E-state index in [1.165, 1.54) is 32.4 Å². The number of benzene rings is 3. The minimum absolute atomic E-state index is 0.0587. The summed E-state index contributed by atoms with van der Waals surface area (Å²) in [7, 11) is 2.42. The molecule has 2 N–H and O–H groups in total. The summed E-state index contributed by atoms with van der Waals surface area (Å²) in [5.74, 6) is -2.05. The predicted molar refractivity (Wildman–Crippen MR) is 130 cm³/mol. The molecule has 9 nitrogen and oxygen atoms in total. The Kier molecular flexibility index (Phi) is 8.04. The predicted octanol–water partition coefficient (Wildman–Crippen LogP) is 3.57. The number of rotatable bonds is 8. The van der Waals surface area contributed by atoms with Gasteiger partial charge in [-0.3, -0.25) is 9.59 Å². The third-order valence-corrected chi connectivity index (χ3v) is 4.93. The van der Waals surface area contributed by atoms with Gasteiger partial charge in [0, 0.05) is 11.7 Å². The highest BCUT2D eigenvalue weighted by Gasteiger charge is 2.19. The molecule has 35 heavy (non-hydrogen) atoms. The average molecular weight is 479 g/mol. The monoisotopic (exact) mass is 478 g/mol. The molecule has 0 saturated carbocycles. The second kappa shape index (κ2) is 11.1. The van der Waals surface area contributed by atoms with Gasteiger partial charge in [0.05, 0.1) is 30.9 Å². The van der Waals surface area contributed by atoms with Crippen molar-refractivity contribution in [1.82, 2.24) is 5.32 Å². The molecule has 0 aliphatic rings. The Hall–Kier alpha value is -4.40. The van der Waals surface area contributed by atoms with Crippen molar-refractivity contribution in [2.45, 2.75) is 19.9 Å². The van der Waals surface area contributed by atoms with Gasteiger partial charge >= 0.3 is 11.9 Å². The maximum atomic E-state index is 13.3. The zero-order valence-corrected chi connectivity index (χ0v) is 19.8. The van der Waals surface area contributed by atoms with Crippen molar-refractivity contribution >= 4 is 40.2 Å². The first-order valence-corrected chi connectivity index (χ1v) is 10.8. The van der Waals surface area contributed by atoms with E-state index < -0.39 is 17.8 Å². The third kappa shape index (κ3) is 6.35. The molecular weight excluding hydrogens is 452 g/mol. The van der Waals surface area contributed by atoms with E-state index in [0.717, 1.165) is 10.8 Å². The van der Waals surface area contributed by atoms with Crippen molar-refractivity contribution in [2.75, 3.05) is 26.1 Å². The molecule has 3 aromatic carbocycles. The van der Waals surface area contributed by atoms with E-state index in [1.54, 1.807) is 12.1 Å². The molecule has 0 saturated heterocycles. The summed E-state index contributed by atoms with van der Waals surface area (Å²) in [5, 5.41) is 7.03. The Balaban J connectivity index is 1.97. The summed E-state index contributed by atoms with van der Waals surface area (Å²) >= 11 is 0. The molecule has 0 aliphatic carbocycles. The van der Waals surface area contributed by atoms with Crippen LogP contribution in [-0.2, 0) is 14.3 Å². The molecule has 0 unspecified atom stereocenters. The number of amides is 2. The van der Waals surface area contributed by atoms with Gasteiger partial charge in [-0.2, -0.15) is 0 Å². The fourth-order valence-electron chi connectivity index (χ4n) is 3.39. The van der Waals surface area contributed by atoms with E-state index in [2.05, 4.69) is 10.6 Å². The van der Waals surface area contributed by atoms with Gasteiger partial charge in [0.2, 0.25) is 0 Å². The fraction of sp³-hybridized carbons (Fsp3) is 0.231. The van der Waals surface area contributed by atoms with Gasteiger partial charge in [-0.05, 0) is 55.0 Å². The first-order chi connectivity index (χ1) is 16.7. The molecule has 0 heterocycles. The zero-order chi connectivity index (χ0) is 25.5. The molecule has 182 valence electrons. The highest BCUT2D eigenvalue weighted by Crippen LogP contribution is 2.28. The number of ether oxygens (including phenoxy) is 3. The largest absolute Gasteiger partial charge is 0.483 e. The van der Waals surface area contributed by atoms with Crippen LogP contribution in [0.4, 0.5) is 5.69 Å². The second-order valence-electron chi connectivity index (χ2n) is 7.94. The van der Waals surface area contributed by atoms with Gasteiger partial charge in [0.1, 0.15) is 5.75 Å². The van der Waals surface area contributed by atoms with Gasteiger partial charge in [0.15, 0.2) is 6.61 Å². The summed E-state index contributed by atoms with van der Waals surface area (Å²) in [6, 6.07) is 14.7. The highest BCUT2D eigenvalue weighted by molar-refractivity contribution is 6.09. The number of fused-ring (bicyclic) bond motifs is 1. The summed E-state index contributed by atoms with van der Waals surface area (Å²) in [6.45, 7) is 3.39. The average Bonchev–Trinajstić information content (AvgIpc) is 2.85. The van der Waals surface area contributed by atoms with Crippen LogP contribution in [0, 0.1) is 0 Å². The number of anilines is 1. The molecule has 0 fully saturated rings. The van der Waals surface area contributed by atoms with Crippen molar-refractivity contribution in [3.63, 3.8) is 0 Å². The number of esters is 2. The van der Waals surface area contributed by atoms with Gasteiger partial charge in [0.25, 0.3) is 11.8 Å². The first kappa shape index (κ1) is 25.2. The van der Waals surface area contributed by atoms with Gasteiger partial charge < -0.3 is 24.8 Å². The summed E-state index contributed by atoms with van der Waals surface area (Å²) < 4.78 is 15.2. The van der Waals surface area contributed by atoms with Crippen LogP contribution < -0.4 is 15.4 Å². The van der Waals surface area contributed by atoms with E-state index >= 15 is 0 Å². The maximum absolute atomic E-state index is 13.3. The number of hydrogen-bond donors (Lipinski definition) is 2. The van der Waals surface area contributed by atoms with Gasteiger partial charge in [-0.25, -0.2) is 9.59 Å². The Bertz CT molecular complexity index is 1250. The lowest BCUT2D eigenvalue weighted by molar-refractivity contribution is -0.123. The molecular formula is C26H26N2O7. The standard InChI is InChI=1S/C26H26N2O7/c1-15(2)27-23(29)14-35-22-13-17-8-6-5-7-16(17)12-21(22)24(30)28-20-10-18(25(31)33-3)9-19(11-20)26(32)34-4/h5-13,15H,14H2,1-4H3,(H,27,29)(H,28,30). The molecule has 0 aliphatic heterocycles. The summed E-state index contributed by atoms with van der Waals surface area (Å²) in [4.78, 5) is 49.5. The Morgan fingerprint density at radius 2 is 1.40 bits per heavy atom. The molecule has 0 radical (unpaired) electrons. The van der Waals surface area contributed by atoms with Crippen LogP contribution in [0.5, 0.6) is 5.75 Å². The third-order valence-electron chi connectivity index (χ3n) is 4.93. The van der Waals surface area contributed by atoms with E-state index in [0.29, 0.717) is 0 Å². The maximum Gasteiger partial charge on any atom is 0.337 e. The first-order valence-electron chi connectivity index (χ1n) is 10.8. The van der Waals surface area contributed by atoms with Crippen molar-refractivity contribution in [1.29, 1.82) is 0 Å². The number of nitrogens with one attached hydrogen (secondary N) is 2. The minimum atomic E-state index is -0.683. The van der Waals surface area contributed by atoms with Crippen molar-refractivity contribution in [3.05, 3.63) is 71.3 Å². The lowest BCUT2D eigenvalue weighted by Crippen LogP contribution is -2.34. The quantitative estimate of drug-likeness (QED) is 0.475. The number of hydrogen-bond acceptors (Lipinski definition) is 7. The number of carbonyl (C=O) groups is 4. The fourth-order valence-corrected chi connectivity index (χ4v) is 3.39. The van der Waals surface area contributed by atoms with Crippen LogP contribution in [-0.4, -0.2) is 50.6 Å².